The second-order valence-electron chi connectivity index (χ2n) is 7.58. The van der Waals surface area contributed by atoms with Crippen LogP contribution >= 0.6 is 0 Å². The molecule has 3 amide bonds. The van der Waals surface area contributed by atoms with Gasteiger partial charge >= 0.3 is 6.03 Å². The number of aryl methyl sites for hydroxylation is 1. The van der Waals surface area contributed by atoms with Crippen molar-refractivity contribution < 1.29 is 9.59 Å². The van der Waals surface area contributed by atoms with Gasteiger partial charge in [0.1, 0.15) is 0 Å². The van der Waals surface area contributed by atoms with E-state index in [1.54, 1.807) is 0 Å². The van der Waals surface area contributed by atoms with Gasteiger partial charge in [0.15, 0.2) is 0 Å². The van der Waals surface area contributed by atoms with Crippen molar-refractivity contribution in [3.8, 4) is 0 Å². The highest BCUT2D eigenvalue weighted by molar-refractivity contribution is 5.84. The van der Waals surface area contributed by atoms with Crippen molar-refractivity contribution >= 4 is 22.8 Å². The molecule has 3 N–H and O–H groups in total. The first kappa shape index (κ1) is 16.9. The first-order chi connectivity index (χ1) is 12.6. The van der Waals surface area contributed by atoms with Gasteiger partial charge in [-0.15, -0.1) is 0 Å². The molecule has 1 aromatic carbocycles. The number of nitrogens with one attached hydrogen (secondary N) is 3. The Hall–Kier alpha value is -2.50. The second kappa shape index (κ2) is 7.02. The normalized spacial score (nSPS) is 22.8. The van der Waals surface area contributed by atoms with E-state index in [4.69, 9.17) is 0 Å². The van der Waals surface area contributed by atoms with Gasteiger partial charge in [0.05, 0.1) is 6.04 Å². The summed E-state index contributed by atoms with van der Waals surface area (Å²) in [6.07, 6.45) is 5.37. The number of rotatable bonds is 3. The molecule has 1 aromatic heterocycles. The lowest BCUT2D eigenvalue weighted by molar-refractivity contribution is -0.121. The number of benzene rings is 1. The van der Waals surface area contributed by atoms with Gasteiger partial charge in [-0.3, -0.25) is 4.79 Å². The summed E-state index contributed by atoms with van der Waals surface area (Å²) in [6, 6.07) is 6.46. The van der Waals surface area contributed by atoms with E-state index in [-0.39, 0.29) is 18.0 Å². The maximum Gasteiger partial charge on any atom is 0.317 e. The lowest BCUT2D eigenvalue weighted by Crippen LogP contribution is -2.42. The first-order valence-corrected chi connectivity index (χ1v) is 9.49. The molecular weight excluding hydrogens is 328 g/mol. The zero-order valence-corrected chi connectivity index (χ0v) is 15.2. The average molecular weight is 354 g/mol. The van der Waals surface area contributed by atoms with Crippen molar-refractivity contribution in [3.63, 3.8) is 0 Å². The molecule has 2 aliphatic rings. The van der Waals surface area contributed by atoms with Crippen LogP contribution in [0.25, 0.3) is 10.9 Å². The van der Waals surface area contributed by atoms with Gasteiger partial charge in [-0.25, -0.2) is 4.79 Å². The number of aromatic amines is 1. The summed E-state index contributed by atoms with van der Waals surface area (Å²) in [7, 11) is 0. The van der Waals surface area contributed by atoms with Gasteiger partial charge in [0.25, 0.3) is 0 Å². The molecule has 6 heteroatoms. The summed E-state index contributed by atoms with van der Waals surface area (Å²) in [5.74, 6) is 0.512. The van der Waals surface area contributed by atoms with E-state index in [1.165, 1.54) is 16.5 Å². The highest BCUT2D eigenvalue weighted by Gasteiger charge is 2.37. The third-order valence-electron chi connectivity index (χ3n) is 5.65. The van der Waals surface area contributed by atoms with E-state index in [0.29, 0.717) is 25.4 Å². The SMILES string of the molecule is Cc1ccc2[nH]cc(CCNC(=O)N3CC4CCCC(=O)NC4C3)c2c1. The van der Waals surface area contributed by atoms with Gasteiger partial charge in [0.2, 0.25) is 5.91 Å². The summed E-state index contributed by atoms with van der Waals surface area (Å²) in [4.78, 5) is 29.3. The molecule has 2 unspecified atom stereocenters. The zero-order valence-electron chi connectivity index (χ0n) is 15.2. The third-order valence-corrected chi connectivity index (χ3v) is 5.65. The summed E-state index contributed by atoms with van der Waals surface area (Å²) in [5.41, 5.74) is 3.59. The van der Waals surface area contributed by atoms with E-state index in [0.717, 1.165) is 31.3 Å². The third kappa shape index (κ3) is 3.41. The number of likely N-dealkylation sites (tertiary alicyclic amines) is 1. The van der Waals surface area contributed by atoms with Crippen LogP contribution in [0.2, 0.25) is 0 Å². The quantitative estimate of drug-likeness (QED) is 0.791. The summed E-state index contributed by atoms with van der Waals surface area (Å²) < 4.78 is 0. The topological polar surface area (TPSA) is 77.2 Å². The van der Waals surface area contributed by atoms with Crippen molar-refractivity contribution in [1.29, 1.82) is 0 Å². The van der Waals surface area contributed by atoms with Crippen LogP contribution in [0.4, 0.5) is 4.79 Å². The number of H-pyrrole nitrogens is 1. The smallest absolute Gasteiger partial charge is 0.317 e. The molecule has 0 saturated carbocycles. The molecule has 2 aromatic rings. The molecular formula is C20H26N4O2. The van der Waals surface area contributed by atoms with Crippen LogP contribution in [-0.2, 0) is 11.2 Å². The predicted molar refractivity (Wildman–Crippen MR) is 101 cm³/mol. The highest BCUT2D eigenvalue weighted by atomic mass is 16.2. The largest absolute Gasteiger partial charge is 0.361 e. The van der Waals surface area contributed by atoms with E-state index in [1.807, 2.05) is 11.1 Å². The second-order valence-corrected chi connectivity index (χ2v) is 7.58. The number of hydrogen-bond donors (Lipinski definition) is 3. The van der Waals surface area contributed by atoms with Crippen molar-refractivity contribution in [2.75, 3.05) is 19.6 Å². The van der Waals surface area contributed by atoms with Crippen molar-refractivity contribution in [2.24, 2.45) is 5.92 Å². The number of amides is 3. The molecule has 138 valence electrons. The minimum Gasteiger partial charge on any atom is -0.361 e. The Morgan fingerprint density at radius 3 is 3.12 bits per heavy atom. The molecule has 3 heterocycles. The molecule has 2 aliphatic heterocycles. The molecule has 4 rings (SSSR count). The fourth-order valence-electron chi connectivity index (χ4n) is 4.21. The molecule has 2 fully saturated rings. The molecule has 0 bridgehead atoms. The number of carbonyl (C=O) groups is 2. The first-order valence-electron chi connectivity index (χ1n) is 9.49. The van der Waals surface area contributed by atoms with Crippen LogP contribution in [0, 0.1) is 12.8 Å². The Bertz CT molecular complexity index is 828. The maximum absolute atomic E-state index is 12.5. The van der Waals surface area contributed by atoms with Crippen LogP contribution in [0.15, 0.2) is 24.4 Å². The van der Waals surface area contributed by atoms with E-state index in [2.05, 4.69) is 40.7 Å². The van der Waals surface area contributed by atoms with E-state index in [9.17, 15) is 9.59 Å². The summed E-state index contributed by atoms with van der Waals surface area (Å²) in [5, 5.41) is 7.33. The summed E-state index contributed by atoms with van der Waals surface area (Å²) >= 11 is 0. The predicted octanol–water partition coefficient (Wildman–Crippen LogP) is 2.33. The number of nitrogens with zero attached hydrogens (tertiary/aromatic N) is 1. The van der Waals surface area contributed by atoms with Crippen molar-refractivity contribution in [3.05, 3.63) is 35.5 Å². The van der Waals surface area contributed by atoms with Crippen molar-refractivity contribution in [1.82, 2.24) is 20.5 Å². The van der Waals surface area contributed by atoms with Gasteiger partial charge < -0.3 is 20.5 Å². The highest BCUT2D eigenvalue weighted by Crippen LogP contribution is 2.25. The molecule has 0 spiro atoms. The minimum absolute atomic E-state index is 0.0247. The van der Waals surface area contributed by atoms with E-state index >= 15 is 0 Å². The molecule has 6 nitrogen and oxygen atoms in total. The molecule has 2 saturated heterocycles. The Morgan fingerprint density at radius 2 is 2.23 bits per heavy atom. The standard InChI is InChI=1S/C20H26N4O2/c1-13-5-6-17-16(9-13)14(10-22-17)7-8-21-20(26)24-11-15-3-2-4-19(25)23-18(15)12-24/h5-6,9-10,15,18,22H,2-4,7-8,11-12H2,1H3,(H,21,26)(H,23,25). The van der Waals surface area contributed by atoms with Crippen LogP contribution in [0.1, 0.15) is 30.4 Å². The maximum atomic E-state index is 12.5. The van der Waals surface area contributed by atoms with Gasteiger partial charge in [-0.1, -0.05) is 11.6 Å². The van der Waals surface area contributed by atoms with E-state index < -0.39 is 0 Å². The Labute approximate surface area is 153 Å². The average Bonchev–Trinajstić information content (AvgIpc) is 3.15. The molecule has 0 radical (unpaired) electrons. The van der Waals surface area contributed by atoms with Crippen LogP contribution in [0.5, 0.6) is 0 Å². The number of fused-ring (bicyclic) bond motifs is 2. The van der Waals surface area contributed by atoms with Gasteiger partial charge in [-0.2, -0.15) is 0 Å². The molecule has 2 atom stereocenters. The Morgan fingerprint density at radius 1 is 1.35 bits per heavy atom. The minimum atomic E-state index is -0.0247. The fraction of sp³-hybridized carbons (Fsp3) is 0.500. The van der Waals surface area contributed by atoms with Crippen LogP contribution in [-0.4, -0.2) is 47.5 Å². The number of urea groups is 1. The van der Waals surface area contributed by atoms with Gasteiger partial charge in [-0.05, 0) is 49.8 Å². The Kier molecular flexibility index (Phi) is 4.57. The lowest BCUT2D eigenvalue weighted by Gasteiger charge is -2.17. The molecule has 0 aliphatic carbocycles. The molecule has 26 heavy (non-hydrogen) atoms. The Balaban J connectivity index is 1.31. The number of hydrogen-bond acceptors (Lipinski definition) is 2. The van der Waals surface area contributed by atoms with Crippen LogP contribution in [0.3, 0.4) is 0 Å². The lowest BCUT2D eigenvalue weighted by atomic mass is 9.99. The van der Waals surface area contributed by atoms with Crippen LogP contribution < -0.4 is 10.6 Å². The number of carbonyl (C=O) groups excluding carboxylic acids is 2. The zero-order chi connectivity index (χ0) is 18.1. The van der Waals surface area contributed by atoms with Crippen molar-refractivity contribution in [2.45, 2.75) is 38.6 Å². The van der Waals surface area contributed by atoms with Gasteiger partial charge in [0, 0.05) is 43.2 Å². The summed E-state index contributed by atoms with van der Waals surface area (Å²) in [6.45, 7) is 4.06. The monoisotopic (exact) mass is 354 g/mol. The fourth-order valence-corrected chi connectivity index (χ4v) is 4.21. The number of aromatic nitrogens is 1.